The highest BCUT2D eigenvalue weighted by molar-refractivity contribution is 7.10. The second kappa shape index (κ2) is 11.0. The lowest BCUT2D eigenvalue weighted by Gasteiger charge is -2.27. The molecule has 0 spiro atoms. The van der Waals surface area contributed by atoms with Gasteiger partial charge in [-0.3, -0.25) is 0 Å². The molecule has 1 N–H and O–H groups in total. The summed E-state index contributed by atoms with van der Waals surface area (Å²) in [6.07, 6.45) is 0.769. The normalized spacial score (nSPS) is 14.5. The van der Waals surface area contributed by atoms with E-state index in [0.29, 0.717) is 40.7 Å². The number of imidazole rings is 1. The van der Waals surface area contributed by atoms with Gasteiger partial charge in [-0.15, -0.1) is 11.3 Å². The van der Waals surface area contributed by atoms with E-state index in [-0.39, 0.29) is 47.4 Å². The van der Waals surface area contributed by atoms with Gasteiger partial charge < -0.3 is 19.1 Å². The predicted octanol–water partition coefficient (Wildman–Crippen LogP) is 5.36. The summed E-state index contributed by atoms with van der Waals surface area (Å²) in [7, 11) is 0. The molecule has 9 nitrogen and oxygen atoms in total. The first kappa shape index (κ1) is 26.5. The van der Waals surface area contributed by atoms with E-state index in [2.05, 4.69) is 15.0 Å². The fourth-order valence-electron chi connectivity index (χ4n) is 4.58. The molecule has 1 saturated heterocycles. The van der Waals surface area contributed by atoms with E-state index in [1.165, 1.54) is 23.5 Å². The Morgan fingerprint density at radius 1 is 1.17 bits per heavy atom. The topological polar surface area (TPSA) is 123 Å². The minimum absolute atomic E-state index is 0.0122. The molecular weight excluding hydrogens is 552 g/mol. The van der Waals surface area contributed by atoms with Crippen molar-refractivity contribution in [3.05, 3.63) is 93.2 Å². The second-order valence-electron chi connectivity index (χ2n) is 9.43. The smallest absolute Gasteiger partial charge is 0.335 e. The number of carbonyl (C=O) groups is 1. The molecule has 0 unspecified atom stereocenters. The molecule has 2 aromatic carbocycles. The molecule has 0 radical (unpaired) electrons. The number of pyridine rings is 1. The molecule has 1 atom stereocenters. The first-order valence-electron chi connectivity index (χ1n) is 12.6. The van der Waals surface area contributed by atoms with E-state index < -0.39 is 17.6 Å². The van der Waals surface area contributed by atoms with Gasteiger partial charge in [0.15, 0.2) is 5.01 Å². The van der Waals surface area contributed by atoms with Crippen LogP contribution in [0.15, 0.2) is 53.9 Å². The molecule has 0 saturated carbocycles. The van der Waals surface area contributed by atoms with Crippen molar-refractivity contribution in [3.8, 4) is 23.2 Å². The minimum Gasteiger partial charge on any atom is -0.478 e. The maximum absolute atomic E-state index is 15.4. The number of hydrogen-bond donors (Lipinski definition) is 1. The van der Waals surface area contributed by atoms with Crippen LogP contribution < -0.4 is 4.74 Å². The zero-order chi connectivity index (χ0) is 28.5. The molecule has 0 amide bonds. The minimum atomic E-state index is -1.07. The van der Waals surface area contributed by atoms with Gasteiger partial charge in [-0.25, -0.2) is 28.5 Å². The van der Waals surface area contributed by atoms with Gasteiger partial charge in [0.2, 0.25) is 5.88 Å². The number of aromatic carboxylic acids is 1. The Kier molecular flexibility index (Phi) is 7.13. The van der Waals surface area contributed by atoms with Gasteiger partial charge in [0.05, 0.1) is 40.6 Å². The van der Waals surface area contributed by atoms with Crippen LogP contribution in [0.5, 0.6) is 5.88 Å². The van der Waals surface area contributed by atoms with Gasteiger partial charge in [-0.1, -0.05) is 6.07 Å². The van der Waals surface area contributed by atoms with Crippen molar-refractivity contribution in [3.63, 3.8) is 0 Å². The van der Waals surface area contributed by atoms with E-state index >= 15 is 8.78 Å². The van der Waals surface area contributed by atoms with E-state index in [0.717, 1.165) is 18.6 Å². The number of carboxylic acids is 1. The van der Waals surface area contributed by atoms with Gasteiger partial charge in [0.1, 0.15) is 30.1 Å². The monoisotopic (exact) mass is 573 g/mol. The fraction of sp³-hybridized carbons (Fsp3) is 0.207. The zero-order valence-electron chi connectivity index (χ0n) is 21.4. The van der Waals surface area contributed by atoms with Crippen molar-refractivity contribution in [2.24, 2.45) is 0 Å². The summed E-state index contributed by atoms with van der Waals surface area (Å²) in [5.74, 6) is -1.69. The van der Waals surface area contributed by atoms with Gasteiger partial charge >= 0.3 is 5.97 Å². The Bertz CT molecular complexity index is 1830. The maximum Gasteiger partial charge on any atom is 0.335 e. The van der Waals surface area contributed by atoms with Crippen molar-refractivity contribution in [2.45, 2.75) is 32.1 Å². The van der Waals surface area contributed by atoms with Gasteiger partial charge in [0, 0.05) is 30.0 Å². The Morgan fingerprint density at radius 3 is 2.76 bits per heavy atom. The number of thiazole rings is 1. The SMILES string of the molecule is N#Cc1nc(COc2cccc(-c3cc(F)c(Cc4nc5ccc(C(=O)O)cc5n4C[C@@H]4CCO4)cc3F)n2)cs1. The molecule has 1 aliphatic rings. The summed E-state index contributed by atoms with van der Waals surface area (Å²) in [5, 5.41) is 20.4. The van der Waals surface area contributed by atoms with Gasteiger partial charge in [0.25, 0.3) is 0 Å². The Labute approximate surface area is 236 Å². The Morgan fingerprint density at radius 2 is 2.02 bits per heavy atom. The van der Waals surface area contributed by atoms with Crippen LogP contribution in [0.4, 0.5) is 8.78 Å². The Balaban J connectivity index is 1.27. The highest BCUT2D eigenvalue weighted by atomic mass is 32.1. The van der Waals surface area contributed by atoms with Crippen molar-refractivity contribution >= 4 is 28.3 Å². The summed E-state index contributed by atoms with van der Waals surface area (Å²) in [4.78, 5) is 24.6. The van der Waals surface area contributed by atoms with Crippen LogP contribution in [-0.4, -0.2) is 43.3 Å². The molecule has 1 aliphatic heterocycles. The molecular formula is C29H21F2N5O4S. The molecule has 1 fully saturated rings. The summed E-state index contributed by atoms with van der Waals surface area (Å²) < 4.78 is 43.8. The average molecular weight is 574 g/mol. The van der Waals surface area contributed by atoms with Crippen LogP contribution in [0, 0.1) is 23.0 Å². The van der Waals surface area contributed by atoms with Crippen LogP contribution in [0.3, 0.4) is 0 Å². The fourth-order valence-corrected chi connectivity index (χ4v) is 5.18. The Hall–Kier alpha value is -4.73. The van der Waals surface area contributed by atoms with Crippen molar-refractivity contribution in [2.75, 3.05) is 6.61 Å². The summed E-state index contributed by atoms with van der Waals surface area (Å²) in [6.45, 7) is 1.14. The lowest BCUT2D eigenvalue weighted by atomic mass is 10.0. The maximum atomic E-state index is 15.4. The number of ether oxygens (including phenoxy) is 2. The first-order chi connectivity index (χ1) is 19.9. The number of benzene rings is 2. The molecule has 12 heteroatoms. The molecule has 206 valence electrons. The molecule has 4 heterocycles. The van der Waals surface area contributed by atoms with E-state index in [1.807, 2.05) is 10.6 Å². The number of carboxylic acid groups (broad SMARTS) is 1. The molecule has 41 heavy (non-hydrogen) atoms. The lowest BCUT2D eigenvalue weighted by Crippen LogP contribution is -2.31. The molecule has 3 aromatic heterocycles. The third-order valence-electron chi connectivity index (χ3n) is 6.75. The van der Waals surface area contributed by atoms with Gasteiger partial charge in [-0.05, 0) is 48.4 Å². The number of fused-ring (bicyclic) bond motifs is 1. The number of nitrogens with zero attached hydrogens (tertiary/aromatic N) is 5. The van der Waals surface area contributed by atoms with Gasteiger partial charge in [-0.2, -0.15) is 5.26 Å². The number of aromatic nitrogens is 4. The standard InChI is InChI=1S/C29H21F2N5O4S/c30-21-11-20(23-2-1-3-27(35-23)40-14-18-15-41-28(12-32)33-18)22(31)8-17(21)10-26-34-24-5-4-16(29(37)38)9-25(24)36(26)13-19-6-7-39-19/h1-5,8-9,11,15,19H,6-7,10,13-14H2,(H,37,38)/t19-/m0/s1. The number of hydrogen-bond acceptors (Lipinski definition) is 8. The van der Waals surface area contributed by atoms with E-state index in [4.69, 9.17) is 14.7 Å². The summed E-state index contributed by atoms with van der Waals surface area (Å²) in [6, 6.07) is 13.6. The highest BCUT2D eigenvalue weighted by Gasteiger charge is 2.23. The van der Waals surface area contributed by atoms with Crippen molar-refractivity contribution in [1.29, 1.82) is 5.26 Å². The quantitative estimate of drug-likeness (QED) is 0.250. The number of halogens is 2. The van der Waals surface area contributed by atoms with Crippen molar-refractivity contribution < 1.29 is 28.2 Å². The molecule has 0 bridgehead atoms. The molecule has 5 aromatic rings. The summed E-state index contributed by atoms with van der Waals surface area (Å²) in [5.41, 5.74) is 2.09. The van der Waals surface area contributed by atoms with Crippen LogP contribution in [0.2, 0.25) is 0 Å². The van der Waals surface area contributed by atoms with E-state index in [9.17, 15) is 9.90 Å². The zero-order valence-corrected chi connectivity index (χ0v) is 22.2. The number of nitriles is 1. The molecule has 0 aliphatic carbocycles. The van der Waals surface area contributed by atoms with Crippen molar-refractivity contribution in [1.82, 2.24) is 19.5 Å². The summed E-state index contributed by atoms with van der Waals surface area (Å²) >= 11 is 1.20. The lowest BCUT2D eigenvalue weighted by molar-refractivity contribution is -0.0589. The number of rotatable bonds is 9. The van der Waals surface area contributed by atoms with Crippen LogP contribution in [0.25, 0.3) is 22.3 Å². The first-order valence-corrected chi connectivity index (χ1v) is 13.5. The predicted molar refractivity (Wildman–Crippen MR) is 145 cm³/mol. The third kappa shape index (κ3) is 5.50. The highest BCUT2D eigenvalue weighted by Crippen LogP contribution is 2.29. The average Bonchev–Trinajstić information content (AvgIpc) is 3.55. The van der Waals surface area contributed by atoms with Crippen LogP contribution in [-0.2, 0) is 24.3 Å². The largest absolute Gasteiger partial charge is 0.478 e. The second-order valence-corrected chi connectivity index (χ2v) is 10.3. The van der Waals surface area contributed by atoms with E-state index in [1.54, 1.807) is 29.6 Å². The molecule has 6 rings (SSSR count). The van der Waals surface area contributed by atoms with Crippen LogP contribution >= 0.6 is 11.3 Å². The van der Waals surface area contributed by atoms with Crippen LogP contribution in [0.1, 0.15) is 38.9 Å². The third-order valence-corrected chi connectivity index (χ3v) is 7.55.